The van der Waals surface area contributed by atoms with Crippen LogP contribution in [-0.2, 0) is 14.3 Å². The van der Waals surface area contributed by atoms with E-state index in [2.05, 4.69) is 0 Å². The van der Waals surface area contributed by atoms with E-state index in [0.717, 1.165) is 18.3 Å². The first-order valence-corrected chi connectivity index (χ1v) is 8.47. The van der Waals surface area contributed by atoms with Gasteiger partial charge >= 0.3 is 5.97 Å². The third-order valence-electron chi connectivity index (χ3n) is 6.45. The second-order valence-electron chi connectivity index (χ2n) is 7.38. The third-order valence-corrected chi connectivity index (χ3v) is 6.45. The molecule has 0 spiro atoms. The van der Waals surface area contributed by atoms with E-state index in [0.29, 0.717) is 36.1 Å². The molecule has 1 aliphatic heterocycles. The smallest absolute Gasteiger partial charge is 0.306 e. The summed E-state index contributed by atoms with van der Waals surface area (Å²) in [4.78, 5) is 22.1. The summed E-state index contributed by atoms with van der Waals surface area (Å²) in [5.74, 6) is 4.12. The Hall–Kier alpha value is -0.860. The number of rotatable bonds is 0. The molecule has 3 nitrogen and oxygen atoms in total. The number of Topliss-reactive ketones (excluding diaryl/α,β-unsaturated/α-hetero) is 1. The first-order chi connectivity index (χ1) is 9.74. The summed E-state index contributed by atoms with van der Waals surface area (Å²) >= 11 is 0. The molecule has 0 bridgehead atoms. The Morgan fingerprint density at radius 2 is 1.50 bits per heavy atom. The molecule has 4 atom stereocenters. The summed E-state index contributed by atoms with van der Waals surface area (Å²) in [5, 5.41) is 0. The van der Waals surface area contributed by atoms with Crippen molar-refractivity contribution < 1.29 is 14.3 Å². The molecular weight excluding hydrogens is 252 g/mol. The van der Waals surface area contributed by atoms with Gasteiger partial charge < -0.3 is 4.74 Å². The van der Waals surface area contributed by atoms with Gasteiger partial charge in [0.1, 0.15) is 11.9 Å². The van der Waals surface area contributed by atoms with Gasteiger partial charge in [-0.25, -0.2) is 0 Å². The maximum absolute atomic E-state index is 11.3. The number of carbonyl (C=O) groups is 2. The molecule has 5 aliphatic rings. The van der Waals surface area contributed by atoms with Crippen molar-refractivity contribution in [1.29, 1.82) is 0 Å². The van der Waals surface area contributed by atoms with Crippen LogP contribution in [0.25, 0.3) is 0 Å². The lowest BCUT2D eigenvalue weighted by Crippen LogP contribution is -2.42. The van der Waals surface area contributed by atoms with Gasteiger partial charge in [0.25, 0.3) is 0 Å². The van der Waals surface area contributed by atoms with Crippen molar-refractivity contribution in [2.45, 2.75) is 63.9 Å². The van der Waals surface area contributed by atoms with Crippen molar-refractivity contribution in [2.24, 2.45) is 29.6 Å². The highest BCUT2D eigenvalue weighted by Crippen LogP contribution is 2.59. The highest BCUT2D eigenvalue weighted by Gasteiger charge is 2.58. The summed E-state index contributed by atoms with van der Waals surface area (Å²) in [6.07, 6.45) is 11.0. The number of hydrogen-bond acceptors (Lipinski definition) is 3. The fraction of sp³-hybridized carbons (Fsp3) is 0.882. The number of carbonyl (C=O) groups excluding carboxylic acids is 2. The van der Waals surface area contributed by atoms with Gasteiger partial charge in [-0.1, -0.05) is 6.42 Å². The Kier molecular flexibility index (Phi) is 3.12. The number of ketones is 1. The van der Waals surface area contributed by atoms with Crippen molar-refractivity contribution in [1.82, 2.24) is 0 Å². The normalized spacial score (nSPS) is 47.8. The van der Waals surface area contributed by atoms with E-state index in [1.807, 2.05) is 0 Å². The summed E-state index contributed by atoms with van der Waals surface area (Å²) in [6.45, 7) is 0. The van der Waals surface area contributed by atoms with Gasteiger partial charge in [0, 0.05) is 17.8 Å². The van der Waals surface area contributed by atoms with E-state index < -0.39 is 0 Å². The van der Waals surface area contributed by atoms with Gasteiger partial charge in [-0.15, -0.1) is 0 Å². The van der Waals surface area contributed by atoms with Gasteiger partial charge in [0.2, 0.25) is 0 Å². The van der Waals surface area contributed by atoms with E-state index in [4.69, 9.17) is 4.74 Å². The molecular formula is C17H24O3. The Balaban J connectivity index is 0.000000106. The second kappa shape index (κ2) is 4.85. The molecule has 0 aromatic carbocycles. The molecule has 4 unspecified atom stereocenters. The minimum absolute atomic E-state index is 0.0249. The molecule has 5 rings (SSSR count). The summed E-state index contributed by atoms with van der Waals surface area (Å²) in [6, 6.07) is 0. The predicted octanol–water partition coefficient (Wildman–Crippen LogP) is 3.11. The zero-order chi connectivity index (χ0) is 13.7. The van der Waals surface area contributed by atoms with Crippen LogP contribution in [0.15, 0.2) is 0 Å². The zero-order valence-corrected chi connectivity index (χ0v) is 12.1. The Labute approximate surface area is 120 Å². The molecule has 5 fully saturated rings. The summed E-state index contributed by atoms with van der Waals surface area (Å²) < 4.78 is 5.13. The standard InChI is InChI=1S/C9H12O.C8H12O2/c10-9-6-3-1-5-2-4-7(9)8(5)6;9-8-5-6-3-1-2-4-7(6)10-8/h5-8H,1-4H2;6-7H,1-5H2. The maximum Gasteiger partial charge on any atom is 0.306 e. The van der Waals surface area contributed by atoms with Crippen molar-refractivity contribution in [2.75, 3.05) is 0 Å². The molecule has 4 saturated carbocycles. The van der Waals surface area contributed by atoms with Crippen LogP contribution in [0.4, 0.5) is 0 Å². The quantitative estimate of drug-likeness (QED) is 0.638. The molecule has 20 heavy (non-hydrogen) atoms. The van der Waals surface area contributed by atoms with Gasteiger partial charge in [0.05, 0.1) is 6.42 Å². The average molecular weight is 276 g/mol. The molecule has 0 radical (unpaired) electrons. The van der Waals surface area contributed by atoms with E-state index in [9.17, 15) is 9.59 Å². The lowest BCUT2D eigenvalue weighted by atomic mass is 9.66. The molecule has 0 aromatic heterocycles. The van der Waals surface area contributed by atoms with Gasteiger partial charge in [-0.05, 0) is 56.8 Å². The van der Waals surface area contributed by atoms with Gasteiger partial charge in [0.15, 0.2) is 0 Å². The molecule has 0 N–H and O–H groups in total. The molecule has 3 heteroatoms. The fourth-order valence-corrected chi connectivity index (χ4v) is 5.45. The van der Waals surface area contributed by atoms with E-state index in [1.165, 1.54) is 44.9 Å². The van der Waals surface area contributed by atoms with Crippen LogP contribution in [-0.4, -0.2) is 17.9 Å². The topological polar surface area (TPSA) is 43.4 Å². The lowest BCUT2D eigenvalue weighted by Gasteiger charge is -2.35. The second-order valence-corrected chi connectivity index (χ2v) is 7.38. The first kappa shape index (κ1) is 12.8. The highest BCUT2D eigenvalue weighted by atomic mass is 16.5. The zero-order valence-electron chi connectivity index (χ0n) is 12.1. The van der Waals surface area contributed by atoms with E-state index in [1.54, 1.807) is 0 Å². The van der Waals surface area contributed by atoms with Crippen LogP contribution >= 0.6 is 0 Å². The Morgan fingerprint density at radius 1 is 0.800 bits per heavy atom. The fourth-order valence-electron chi connectivity index (χ4n) is 5.45. The van der Waals surface area contributed by atoms with Crippen LogP contribution in [0.3, 0.4) is 0 Å². The van der Waals surface area contributed by atoms with Crippen molar-refractivity contribution >= 4 is 11.8 Å². The average Bonchev–Trinajstić information content (AvgIpc) is 3.06. The largest absolute Gasteiger partial charge is 0.462 e. The Morgan fingerprint density at radius 3 is 2.20 bits per heavy atom. The molecule has 1 saturated heterocycles. The summed E-state index contributed by atoms with van der Waals surface area (Å²) in [5.41, 5.74) is 0. The van der Waals surface area contributed by atoms with Gasteiger partial charge in [-0.2, -0.15) is 0 Å². The number of ether oxygens (including phenoxy) is 1. The maximum atomic E-state index is 11.3. The minimum Gasteiger partial charge on any atom is -0.462 e. The van der Waals surface area contributed by atoms with Crippen LogP contribution in [0.2, 0.25) is 0 Å². The monoisotopic (exact) mass is 276 g/mol. The number of hydrogen-bond donors (Lipinski definition) is 0. The van der Waals surface area contributed by atoms with Crippen LogP contribution in [0.1, 0.15) is 57.8 Å². The molecule has 1 heterocycles. The van der Waals surface area contributed by atoms with Crippen molar-refractivity contribution in [3.63, 3.8) is 0 Å². The first-order valence-electron chi connectivity index (χ1n) is 8.47. The number of esters is 1. The highest BCUT2D eigenvalue weighted by molar-refractivity contribution is 5.91. The molecule has 4 aliphatic carbocycles. The van der Waals surface area contributed by atoms with Crippen LogP contribution in [0, 0.1) is 29.6 Å². The molecule has 0 amide bonds. The molecule has 0 aromatic rings. The van der Waals surface area contributed by atoms with E-state index in [-0.39, 0.29) is 5.97 Å². The SMILES string of the molecule is O=C1C2CCC3CCC1C32.O=C1CC2CCCCC2O1. The third kappa shape index (κ3) is 1.93. The van der Waals surface area contributed by atoms with Gasteiger partial charge in [-0.3, -0.25) is 9.59 Å². The van der Waals surface area contributed by atoms with E-state index >= 15 is 0 Å². The molecule has 110 valence electrons. The van der Waals surface area contributed by atoms with Crippen molar-refractivity contribution in [3.05, 3.63) is 0 Å². The predicted molar refractivity (Wildman–Crippen MR) is 73.9 cm³/mol. The Bertz CT molecular complexity index is 396. The van der Waals surface area contributed by atoms with Crippen LogP contribution < -0.4 is 0 Å². The summed E-state index contributed by atoms with van der Waals surface area (Å²) in [7, 11) is 0. The van der Waals surface area contributed by atoms with Crippen molar-refractivity contribution in [3.8, 4) is 0 Å². The lowest BCUT2D eigenvalue weighted by molar-refractivity contribution is -0.142. The minimum atomic E-state index is 0.0249. The van der Waals surface area contributed by atoms with Crippen LogP contribution in [0.5, 0.6) is 0 Å². The number of fused-ring (bicyclic) bond motifs is 1.